The predicted octanol–water partition coefficient (Wildman–Crippen LogP) is 1.87. The van der Waals surface area contributed by atoms with Crippen molar-refractivity contribution in [2.24, 2.45) is 5.92 Å². The summed E-state index contributed by atoms with van der Waals surface area (Å²) in [7, 11) is 0. The largest absolute Gasteiger partial charge is 0.462 e. The highest BCUT2D eigenvalue weighted by atomic mass is 16.6. The van der Waals surface area contributed by atoms with Crippen molar-refractivity contribution in [3.63, 3.8) is 0 Å². The monoisotopic (exact) mass is 374 g/mol. The van der Waals surface area contributed by atoms with Gasteiger partial charge in [-0.1, -0.05) is 0 Å². The van der Waals surface area contributed by atoms with Crippen LogP contribution in [0.25, 0.3) is 0 Å². The highest BCUT2D eigenvalue weighted by molar-refractivity contribution is 5.91. The van der Waals surface area contributed by atoms with Gasteiger partial charge in [-0.15, -0.1) is 24.7 Å². The summed E-state index contributed by atoms with van der Waals surface area (Å²) in [5.41, 5.74) is -1.64. The van der Waals surface area contributed by atoms with Crippen LogP contribution in [-0.2, 0) is 14.3 Å². The summed E-state index contributed by atoms with van der Waals surface area (Å²) in [6.45, 7) is -0.660. The van der Waals surface area contributed by atoms with Crippen LogP contribution >= 0.6 is 0 Å². The Morgan fingerprint density at radius 2 is 1.44 bits per heavy atom. The van der Waals surface area contributed by atoms with E-state index in [2.05, 4.69) is 11.8 Å². The summed E-state index contributed by atoms with van der Waals surface area (Å²) in [4.78, 5) is 43.5. The van der Waals surface area contributed by atoms with E-state index in [0.29, 0.717) is 0 Å². The zero-order chi connectivity index (χ0) is 20.4. The number of nitrogens with zero attached hydrogens (tertiary/aromatic N) is 2. The van der Waals surface area contributed by atoms with Gasteiger partial charge in [-0.05, 0) is 0 Å². The summed E-state index contributed by atoms with van der Waals surface area (Å²) in [6, 6.07) is 2.41. The zero-order valence-corrected chi connectivity index (χ0v) is 14.0. The fourth-order valence-electron chi connectivity index (χ4n) is 1.92. The molecule has 0 aliphatic heterocycles. The Hall–Kier alpha value is -3.92. The van der Waals surface area contributed by atoms with E-state index in [1.54, 1.807) is 0 Å². The zero-order valence-electron chi connectivity index (χ0n) is 14.0. The molecule has 0 saturated heterocycles. The topological polar surface area (TPSA) is 139 Å². The maximum Gasteiger partial charge on any atom is 0.338 e. The smallest absolute Gasteiger partial charge is 0.338 e. The quantitative estimate of drug-likeness (QED) is 0.210. The van der Waals surface area contributed by atoms with Crippen LogP contribution in [0.15, 0.2) is 18.2 Å². The normalized spacial score (nSPS) is 9.74. The Labute approximate surface area is 153 Å². The molecule has 1 rings (SSSR count). The Morgan fingerprint density at radius 3 is 1.89 bits per heavy atom. The number of hydrogen-bond acceptors (Lipinski definition) is 8. The SMILES string of the molecule is C#CCC(CC#C)C(=O)OCCOC(=O)c1cc([N+](=O)[O-])cc([N+](=O)[O-])c1. The molecule has 10 heteroatoms. The lowest BCUT2D eigenvalue weighted by molar-refractivity contribution is -0.394. The van der Waals surface area contributed by atoms with Crippen LogP contribution in [0.5, 0.6) is 0 Å². The molecule has 140 valence electrons. The highest BCUT2D eigenvalue weighted by Crippen LogP contribution is 2.23. The first-order valence-electron chi connectivity index (χ1n) is 7.44. The van der Waals surface area contributed by atoms with Gasteiger partial charge >= 0.3 is 11.9 Å². The molecule has 0 radical (unpaired) electrons. The second-order valence-corrected chi connectivity index (χ2v) is 5.07. The molecule has 0 aliphatic rings. The van der Waals surface area contributed by atoms with Gasteiger partial charge in [0.25, 0.3) is 11.4 Å². The number of benzene rings is 1. The van der Waals surface area contributed by atoms with E-state index < -0.39 is 39.1 Å². The standard InChI is InChI=1S/C17H14N2O8/c1-3-5-12(6-4-2)16(20)26-7-8-27-17(21)13-9-14(18(22)23)11-15(10-13)19(24)25/h1-2,9-12H,5-8H2. The number of nitro groups is 2. The van der Waals surface area contributed by atoms with E-state index in [1.165, 1.54) is 0 Å². The molecule has 0 saturated carbocycles. The van der Waals surface area contributed by atoms with Gasteiger partial charge in [-0.3, -0.25) is 25.0 Å². The molecule has 0 spiro atoms. The van der Waals surface area contributed by atoms with Crippen LogP contribution in [-0.4, -0.2) is 35.0 Å². The molecular weight excluding hydrogens is 360 g/mol. The molecule has 27 heavy (non-hydrogen) atoms. The number of esters is 2. The summed E-state index contributed by atoms with van der Waals surface area (Å²) in [5.74, 6) is 2.24. The molecule has 0 bridgehead atoms. The third-order valence-corrected chi connectivity index (χ3v) is 3.18. The number of carbonyl (C=O) groups is 2. The molecule has 0 atom stereocenters. The molecule has 0 N–H and O–H groups in total. The minimum absolute atomic E-state index is 0.0974. The molecular formula is C17H14N2O8. The van der Waals surface area contributed by atoms with Crippen LogP contribution in [0, 0.1) is 50.8 Å². The van der Waals surface area contributed by atoms with Crippen molar-refractivity contribution in [1.29, 1.82) is 0 Å². The summed E-state index contributed by atoms with van der Waals surface area (Å²) >= 11 is 0. The van der Waals surface area contributed by atoms with Gasteiger partial charge in [-0.2, -0.15) is 0 Å². The van der Waals surface area contributed by atoms with E-state index in [-0.39, 0.29) is 31.6 Å². The fraction of sp³-hybridized carbons (Fsp3) is 0.294. The molecule has 0 fully saturated rings. The Kier molecular flexibility index (Phi) is 7.95. The maximum absolute atomic E-state index is 11.9. The minimum Gasteiger partial charge on any atom is -0.462 e. The third kappa shape index (κ3) is 6.48. The molecule has 0 heterocycles. The van der Waals surface area contributed by atoms with Crippen LogP contribution in [0.3, 0.4) is 0 Å². The first kappa shape index (κ1) is 21.1. The van der Waals surface area contributed by atoms with E-state index in [1.807, 2.05) is 0 Å². The lowest BCUT2D eigenvalue weighted by atomic mass is 10.0. The van der Waals surface area contributed by atoms with Gasteiger partial charge in [0, 0.05) is 25.0 Å². The fourth-order valence-corrected chi connectivity index (χ4v) is 1.92. The van der Waals surface area contributed by atoms with Crippen molar-refractivity contribution in [3.8, 4) is 24.7 Å². The second kappa shape index (κ2) is 10.2. The van der Waals surface area contributed by atoms with Gasteiger partial charge in [0.2, 0.25) is 0 Å². The van der Waals surface area contributed by atoms with E-state index >= 15 is 0 Å². The number of terminal acetylenes is 2. The van der Waals surface area contributed by atoms with Crippen molar-refractivity contribution in [2.45, 2.75) is 12.8 Å². The Balaban J connectivity index is 2.66. The molecule has 0 aromatic heterocycles. The van der Waals surface area contributed by atoms with Crippen LogP contribution in [0.1, 0.15) is 23.2 Å². The molecule has 10 nitrogen and oxygen atoms in total. The average Bonchev–Trinajstić information content (AvgIpc) is 2.64. The molecule has 0 unspecified atom stereocenters. The maximum atomic E-state index is 11.9. The Bertz CT molecular complexity index is 786. The molecule has 0 aliphatic carbocycles. The van der Waals surface area contributed by atoms with Gasteiger partial charge < -0.3 is 9.47 Å². The first-order valence-corrected chi connectivity index (χ1v) is 7.44. The first-order chi connectivity index (χ1) is 12.8. The van der Waals surface area contributed by atoms with Crippen molar-refractivity contribution in [3.05, 3.63) is 44.0 Å². The summed E-state index contributed by atoms with van der Waals surface area (Å²) in [5, 5.41) is 21.6. The number of nitro benzene ring substituents is 2. The lowest BCUT2D eigenvalue weighted by Gasteiger charge is -2.11. The minimum atomic E-state index is -1.04. The number of ether oxygens (including phenoxy) is 2. The van der Waals surface area contributed by atoms with E-state index in [0.717, 1.165) is 18.2 Å². The van der Waals surface area contributed by atoms with Crippen LogP contribution in [0.2, 0.25) is 0 Å². The number of non-ortho nitro benzene ring substituents is 2. The van der Waals surface area contributed by atoms with Gasteiger partial charge in [-0.25, -0.2) is 4.79 Å². The number of hydrogen-bond donors (Lipinski definition) is 0. The lowest BCUT2D eigenvalue weighted by Crippen LogP contribution is -2.20. The van der Waals surface area contributed by atoms with Gasteiger partial charge in [0.15, 0.2) is 0 Å². The van der Waals surface area contributed by atoms with Gasteiger partial charge in [0.05, 0.1) is 27.4 Å². The molecule has 1 aromatic carbocycles. The van der Waals surface area contributed by atoms with Crippen LogP contribution in [0.4, 0.5) is 11.4 Å². The van der Waals surface area contributed by atoms with Gasteiger partial charge in [0.1, 0.15) is 13.2 Å². The van der Waals surface area contributed by atoms with Crippen molar-refractivity contribution in [1.82, 2.24) is 0 Å². The second-order valence-electron chi connectivity index (χ2n) is 5.07. The van der Waals surface area contributed by atoms with Crippen LogP contribution < -0.4 is 0 Å². The van der Waals surface area contributed by atoms with Crippen molar-refractivity contribution < 1.29 is 28.9 Å². The Morgan fingerprint density at radius 1 is 0.963 bits per heavy atom. The predicted molar refractivity (Wildman–Crippen MR) is 91.4 cm³/mol. The van der Waals surface area contributed by atoms with Crippen molar-refractivity contribution in [2.75, 3.05) is 13.2 Å². The molecule has 0 amide bonds. The third-order valence-electron chi connectivity index (χ3n) is 3.18. The van der Waals surface area contributed by atoms with Crippen molar-refractivity contribution >= 4 is 23.3 Å². The number of carbonyl (C=O) groups excluding carboxylic acids is 2. The summed E-state index contributed by atoms with van der Waals surface area (Å²) in [6.07, 6.45) is 10.5. The summed E-state index contributed by atoms with van der Waals surface area (Å²) < 4.78 is 9.70. The average molecular weight is 374 g/mol. The number of rotatable bonds is 9. The molecule has 1 aromatic rings. The van der Waals surface area contributed by atoms with E-state index in [9.17, 15) is 29.8 Å². The van der Waals surface area contributed by atoms with E-state index in [4.69, 9.17) is 22.3 Å². The highest BCUT2D eigenvalue weighted by Gasteiger charge is 2.21.